The molecule has 0 aliphatic carbocycles. The topological polar surface area (TPSA) is 66.4 Å². The molecule has 0 unspecified atom stereocenters. The monoisotopic (exact) mass is 332 g/mol. The summed E-state index contributed by atoms with van der Waals surface area (Å²) >= 11 is 0. The van der Waals surface area contributed by atoms with E-state index in [0.29, 0.717) is 18.8 Å². The molecule has 0 saturated carbocycles. The molecule has 1 atom stereocenters. The summed E-state index contributed by atoms with van der Waals surface area (Å²) in [6.07, 6.45) is 1.59. The average Bonchev–Trinajstić information content (AvgIpc) is 2.52. The second-order valence-corrected chi connectivity index (χ2v) is 8.70. The Morgan fingerprint density at radius 2 is 2.04 bits per heavy atom. The fraction of sp³-hybridized carbons (Fsp3) is 0.500. The highest BCUT2D eigenvalue weighted by Crippen LogP contribution is 2.27. The number of aromatic nitrogens is 2. The Kier molecular flexibility index (Phi) is 3.50. The molecule has 2 aromatic rings. The molecular weight excluding hydrogens is 312 g/mol. The van der Waals surface area contributed by atoms with Crippen molar-refractivity contribution >= 4 is 26.6 Å². The third-order valence-corrected chi connectivity index (χ3v) is 6.51. The van der Waals surface area contributed by atoms with E-state index < -0.39 is 9.84 Å². The van der Waals surface area contributed by atoms with Crippen LogP contribution in [0.1, 0.15) is 5.56 Å². The lowest BCUT2D eigenvalue weighted by Crippen LogP contribution is -2.59. The van der Waals surface area contributed by atoms with Gasteiger partial charge in [-0.25, -0.2) is 18.4 Å². The molecule has 1 aromatic heterocycles. The molecular formula is C16H20N4O2S. The maximum absolute atomic E-state index is 11.9. The summed E-state index contributed by atoms with van der Waals surface area (Å²) in [6.45, 7) is 5.18. The third-order valence-electron chi connectivity index (χ3n) is 4.81. The summed E-state index contributed by atoms with van der Waals surface area (Å²) in [5.74, 6) is 1.46. The van der Waals surface area contributed by atoms with Crippen molar-refractivity contribution in [1.82, 2.24) is 14.9 Å². The Morgan fingerprint density at radius 1 is 1.17 bits per heavy atom. The molecule has 122 valence electrons. The molecule has 2 aliphatic heterocycles. The first-order valence-corrected chi connectivity index (χ1v) is 9.75. The van der Waals surface area contributed by atoms with E-state index in [1.165, 1.54) is 5.56 Å². The van der Waals surface area contributed by atoms with Crippen LogP contribution in [0, 0.1) is 6.92 Å². The minimum Gasteiger partial charge on any atom is -0.353 e. The maximum Gasteiger partial charge on any atom is 0.153 e. The molecule has 3 heterocycles. The number of aryl methyl sites for hydroxylation is 1. The van der Waals surface area contributed by atoms with Crippen LogP contribution in [-0.4, -0.2) is 67.0 Å². The lowest BCUT2D eigenvalue weighted by atomic mass is 10.1. The van der Waals surface area contributed by atoms with Gasteiger partial charge >= 0.3 is 0 Å². The highest BCUT2D eigenvalue weighted by atomic mass is 32.2. The van der Waals surface area contributed by atoms with Gasteiger partial charge in [0.2, 0.25) is 0 Å². The number of hydrogen-bond acceptors (Lipinski definition) is 6. The molecule has 0 bridgehead atoms. The minimum absolute atomic E-state index is 0.0670. The Bertz CT molecular complexity index is 852. The maximum atomic E-state index is 11.9. The van der Waals surface area contributed by atoms with Gasteiger partial charge < -0.3 is 4.90 Å². The Morgan fingerprint density at radius 3 is 2.91 bits per heavy atom. The number of piperazine rings is 1. The van der Waals surface area contributed by atoms with Crippen LogP contribution in [0.25, 0.3) is 10.9 Å². The van der Waals surface area contributed by atoms with E-state index >= 15 is 0 Å². The number of benzene rings is 1. The van der Waals surface area contributed by atoms with E-state index in [2.05, 4.69) is 32.8 Å². The van der Waals surface area contributed by atoms with Gasteiger partial charge in [0.25, 0.3) is 0 Å². The summed E-state index contributed by atoms with van der Waals surface area (Å²) in [5.41, 5.74) is 2.10. The highest BCUT2D eigenvalue weighted by Gasteiger charge is 2.35. The molecule has 4 rings (SSSR count). The normalized spacial score (nSPS) is 24.6. The first kappa shape index (κ1) is 14.8. The Labute approximate surface area is 136 Å². The molecule has 6 nitrogen and oxygen atoms in total. The van der Waals surface area contributed by atoms with Gasteiger partial charge in [0.1, 0.15) is 12.1 Å². The van der Waals surface area contributed by atoms with Crippen LogP contribution in [0.15, 0.2) is 24.5 Å². The summed E-state index contributed by atoms with van der Waals surface area (Å²) in [7, 11) is -2.91. The van der Waals surface area contributed by atoms with E-state index in [4.69, 9.17) is 0 Å². The average molecular weight is 332 g/mol. The molecule has 1 aromatic carbocycles. The van der Waals surface area contributed by atoms with Crippen LogP contribution in [0.5, 0.6) is 0 Å². The van der Waals surface area contributed by atoms with E-state index in [0.717, 1.165) is 29.8 Å². The fourth-order valence-corrected chi connectivity index (χ4v) is 5.16. The van der Waals surface area contributed by atoms with Crippen molar-refractivity contribution in [2.75, 3.05) is 42.6 Å². The molecule has 23 heavy (non-hydrogen) atoms. The van der Waals surface area contributed by atoms with Gasteiger partial charge in [-0.1, -0.05) is 11.6 Å². The second kappa shape index (κ2) is 5.42. The van der Waals surface area contributed by atoms with Gasteiger partial charge in [-0.3, -0.25) is 4.90 Å². The summed E-state index contributed by atoms with van der Waals surface area (Å²) in [5, 5.41) is 1.04. The Hall–Kier alpha value is -1.73. The molecule has 2 saturated heterocycles. The van der Waals surface area contributed by atoms with Gasteiger partial charge in [0, 0.05) is 37.6 Å². The van der Waals surface area contributed by atoms with Crippen LogP contribution < -0.4 is 4.90 Å². The quantitative estimate of drug-likeness (QED) is 0.772. The van der Waals surface area contributed by atoms with Crippen LogP contribution in [-0.2, 0) is 9.84 Å². The lowest BCUT2D eigenvalue weighted by molar-refractivity contribution is 0.193. The Balaban J connectivity index is 1.68. The van der Waals surface area contributed by atoms with Gasteiger partial charge in [-0.2, -0.15) is 0 Å². The zero-order chi connectivity index (χ0) is 16.0. The minimum atomic E-state index is -2.91. The first-order chi connectivity index (χ1) is 11.0. The number of hydrogen-bond donors (Lipinski definition) is 0. The van der Waals surface area contributed by atoms with E-state index in [1.54, 1.807) is 6.33 Å². The smallest absolute Gasteiger partial charge is 0.153 e. The zero-order valence-corrected chi connectivity index (χ0v) is 14.0. The van der Waals surface area contributed by atoms with Crippen LogP contribution in [0.2, 0.25) is 0 Å². The van der Waals surface area contributed by atoms with Gasteiger partial charge in [0.05, 0.1) is 17.0 Å². The molecule has 0 spiro atoms. The van der Waals surface area contributed by atoms with Crippen molar-refractivity contribution in [3.63, 3.8) is 0 Å². The standard InChI is InChI=1S/C16H20N4O2S/c1-12-2-3-15-14(8-12)16(18-11-17-15)20-5-4-19-6-7-23(21,22)10-13(19)9-20/h2-3,8,11,13H,4-7,9-10H2,1H3/t13-/m0/s1. The largest absolute Gasteiger partial charge is 0.353 e. The molecule has 0 radical (unpaired) electrons. The number of sulfone groups is 1. The molecule has 7 heteroatoms. The predicted molar refractivity (Wildman–Crippen MR) is 90.5 cm³/mol. The highest BCUT2D eigenvalue weighted by molar-refractivity contribution is 7.91. The van der Waals surface area contributed by atoms with Gasteiger partial charge in [0.15, 0.2) is 9.84 Å². The van der Waals surface area contributed by atoms with E-state index in [1.807, 2.05) is 12.1 Å². The van der Waals surface area contributed by atoms with Gasteiger partial charge in [-0.15, -0.1) is 0 Å². The SMILES string of the molecule is Cc1ccc2ncnc(N3CCN4CCS(=O)(=O)C[C@@H]4C3)c2c1. The zero-order valence-electron chi connectivity index (χ0n) is 13.1. The van der Waals surface area contributed by atoms with Crippen molar-refractivity contribution in [3.05, 3.63) is 30.1 Å². The number of anilines is 1. The van der Waals surface area contributed by atoms with Crippen molar-refractivity contribution in [2.24, 2.45) is 0 Å². The second-order valence-electron chi connectivity index (χ2n) is 6.47. The predicted octanol–water partition coefficient (Wildman–Crippen LogP) is 0.857. The molecule has 0 amide bonds. The number of rotatable bonds is 1. The van der Waals surface area contributed by atoms with Gasteiger partial charge in [-0.05, 0) is 19.1 Å². The van der Waals surface area contributed by atoms with Crippen molar-refractivity contribution < 1.29 is 8.42 Å². The molecule has 2 fully saturated rings. The first-order valence-electron chi connectivity index (χ1n) is 7.93. The van der Waals surface area contributed by atoms with E-state index in [-0.39, 0.29) is 11.8 Å². The van der Waals surface area contributed by atoms with Crippen molar-refractivity contribution in [2.45, 2.75) is 13.0 Å². The third kappa shape index (κ3) is 2.79. The fourth-order valence-electron chi connectivity index (χ4n) is 3.58. The summed E-state index contributed by atoms with van der Waals surface area (Å²) < 4.78 is 23.9. The number of nitrogens with zero attached hydrogens (tertiary/aromatic N) is 4. The number of fused-ring (bicyclic) bond motifs is 2. The van der Waals surface area contributed by atoms with E-state index in [9.17, 15) is 8.42 Å². The summed E-state index contributed by atoms with van der Waals surface area (Å²) in [6, 6.07) is 6.23. The van der Waals surface area contributed by atoms with Crippen molar-refractivity contribution in [1.29, 1.82) is 0 Å². The summed E-state index contributed by atoms with van der Waals surface area (Å²) in [4.78, 5) is 13.3. The van der Waals surface area contributed by atoms with Crippen LogP contribution in [0.3, 0.4) is 0 Å². The lowest BCUT2D eigenvalue weighted by Gasteiger charge is -2.44. The molecule has 0 N–H and O–H groups in total. The molecule has 2 aliphatic rings. The van der Waals surface area contributed by atoms with Crippen LogP contribution in [0.4, 0.5) is 5.82 Å². The van der Waals surface area contributed by atoms with Crippen LogP contribution >= 0.6 is 0 Å². The van der Waals surface area contributed by atoms with Crippen molar-refractivity contribution in [3.8, 4) is 0 Å².